The number of anilines is 1. The standard InChI is InChI=1S/C16H13ClN2/c17-14-5-6-16(12(8-14)9-18)19-10-13-7-11-3-1-2-4-15(11)13/h1-6,8,13,19H,7,10H2. The molecule has 0 heterocycles. The second-order valence-electron chi connectivity index (χ2n) is 4.78. The van der Waals surface area contributed by atoms with Gasteiger partial charge in [0.1, 0.15) is 6.07 Å². The first kappa shape index (κ1) is 12.1. The van der Waals surface area contributed by atoms with Crippen molar-refractivity contribution in [3.63, 3.8) is 0 Å². The highest BCUT2D eigenvalue weighted by atomic mass is 35.5. The van der Waals surface area contributed by atoms with Crippen LogP contribution in [-0.4, -0.2) is 6.54 Å². The Morgan fingerprint density at radius 2 is 2.11 bits per heavy atom. The molecule has 0 saturated carbocycles. The van der Waals surface area contributed by atoms with Crippen LogP contribution in [0.15, 0.2) is 42.5 Å². The van der Waals surface area contributed by atoms with Gasteiger partial charge in [-0.25, -0.2) is 0 Å². The van der Waals surface area contributed by atoms with E-state index in [4.69, 9.17) is 16.9 Å². The van der Waals surface area contributed by atoms with Gasteiger partial charge in [-0.3, -0.25) is 0 Å². The molecule has 1 aliphatic carbocycles. The molecule has 19 heavy (non-hydrogen) atoms. The average Bonchev–Trinajstić information content (AvgIpc) is 2.41. The normalized spacial score (nSPS) is 16.1. The zero-order valence-corrected chi connectivity index (χ0v) is 11.1. The smallest absolute Gasteiger partial charge is 0.101 e. The van der Waals surface area contributed by atoms with Gasteiger partial charge in [0.2, 0.25) is 0 Å². The molecule has 0 amide bonds. The Balaban J connectivity index is 1.70. The van der Waals surface area contributed by atoms with E-state index in [1.807, 2.05) is 6.07 Å². The number of nitriles is 1. The van der Waals surface area contributed by atoms with Crippen LogP contribution in [0.3, 0.4) is 0 Å². The van der Waals surface area contributed by atoms with Crippen LogP contribution < -0.4 is 5.32 Å². The lowest BCUT2D eigenvalue weighted by Crippen LogP contribution is -2.24. The Morgan fingerprint density at radius 3 is 2.89 bits per heavy atom. The molecular weight excluding hydrogens is 256 g/mol. The van der Waals surface area contributed by atoms with E-state index in [2.05, 4.69) is 35.7 Å². The minimum absolute atomic E-state index is 0.540. The third-order valence-electron chi connectivity index (χ3n) is 3.60. The summed E-state index contributed by atoms with van der Waals surface area (Å²) in [6, 6.07) is 16.0. The Hall–Kier alpha value is -1.98. The molecule has 0 bridgehead atoms. The zero-order valence-electron chi connectivity index (χ0n) is 10.4. The van der Waals surface area contributed by atoms with Gasteiger partial charge >= 0.3 is 0 Å². The van der Waals surface area contributed by atoms with Crippen LogP contribution in [0.5, 0.6) is 0 Å². The molecule has 0 fully saturated rings. The van der Waals surface area contributed by atoms with Gasteiger partial charge in [0.25, 0.3) is 0 Å². The summed E-state index contributed by atoms with van der Waals surface area (Å²) in [6.45, 7) is 0.854. The fraction of sp³-hybridized carbons (Fsp3) is 0.188. The maximum atomic E-state index is 9.09. The molecule has 0 saturated heterocycles. The topological polar surface area (TPSA) is 35.8 Å². The van der Waals surface area contributed by atoms with Crippen LogP contribution in [0.4, 0.5) is 5.69 Å². The lowest BCUT2D eigenvalue weighted by Gasteiger charge is -2.30. The van der Waals surface area contributed by atoms with Crippen molar-refractivity contribution in [1.82, 2.24) is 0 Å². The number of halogens is 1. The maximum absolute atomic E-state index is 9.09. The monoisotopic (exact) mass is 268 g/mol. The predicted molar refractivity (Wildman–Crippen MR) is 77.5 cm³/mol. The molecule has 0 aromatic heterocycles. The van der Waals surface area contributed by atoms with E-state index in [-0.39, 0.29) is 0 Å². The predicted octanol–water partition coefficient (Wildman–Crippen LogP) is 3.96. The van der Waals surface area contributed by atoms with E-state index in [1.165, 1.54) is 11.1 Å². The Labute approximate surface area is 117 Å². The molecule has 1 atom stereocenters. The Kier molecular flexibility index (Phi) is 3.15. The quantitative estimate of drug-likeness (QED) is 0.914. The molecule has 94 valence electrons. The third-order valence-corrected chi connectivity index (χ3v) is 3.84. The number of hydrogen-bond donors (Lipinski definition) is 1. The van der Waals surface area contributed by atoms with Gasteiger partial charge in [0, 0.05) is 17.5 Å². The number of nitrogens with zero attached hydrogens (tertiary/aromatic N) is 1. The van der Waals surface area contributed by atoms with E-state index in [0.29, 0.717) is 16.5 Å². The summed E-state index contributed by atoms with van der Waals surface area (Å²) in [4.78, 5) is 0. The number of nitrogens with one attached hydrogen (secondary N) is 1. The Morgan fingerprint density at radius 1 is 1.26 bits per heavy atom. The lowest BCUT2D eigenvalue weighted by molar-refractivity contribution is 0.636. The molecule has 2 nitrogen and oxygen atoms in total. The third kappa shape index (κ3) is 2.30. The lowest BCUT2D eigenvalue weighted by atomic mass is 9.77. The van der Waals surface area contributed by atoms with Crippen LogP contribution >= 0.6 is 11.6 Å². The van der Waals surface area contributed by atoms with Crippen LogP contribution in [0, 0.1) is 11.3 Å². The molecule has 0 aliphatic heterocycles. The summed E-state index contributed by atoms with van der Waals surface area (Å²) in [5, 5.41) is 13.0. The maximum Gasteiger partial charge on any atom is 0.101 e. The van der Waals surface area contributed by atoms with Crippen LogP contribution in [-0.2, 0) is 6.42 Å². The first-order chi connectivity index (χ1) is 9.28. The summed E-state index contributed by atoms with van der Waals surface area (Å²) in [6.07, 6.45) is 1.11. The number of benzene rings is 2. The van der Waals surface area contributed by atoms with Gasteiger partial charge in [-0.2, -0.15) is 5.26 Å². The van der Waals surface area contributed by atoms with Crippen molar-refractivity contribution in [3.05, 3.63) is 64.2 Å². The van der Waals surface area contributed by atoms with Crippen molar-refractivity contribution in [2.45, 2.75) is 12.3 Å². The van der Waals surface area contributed by atoms with Crippen molar-refractivity contribution in [1.29, 1.82) is 5.26 Å². The van der Waals surface area contributed by atoms with Crippen molar-refractivity contribution in [3.8, 4) is 6.07 Å². The summed E-state index contributed by atoms with van der Waals surface area (Å²) in [5.41, 5.74) is 4.31. The van der Waals surface area contributed by atoms with E-state index in [1.54, 1.807) is 12.1 Å². The van der Waals surface area contributed by atoms with Gasteiger partial charge in [-0.1, -0.05) is 35.9 Å². The number of rotatable bonds is 3. The first-order valence-electron chi connectivity index (χ1n) is 6.29. The molecule has 0 radical (unpaired) electrons. The highest BCUT2D eigenvalue weighted by Crippen LogP contribution is 2.35. The second kappa shape index (κ2) is 4.95. The molecule has 1 aliphatic rings. The molecular formula is C16H13ClN2. The van der Waals surface area contributed by atoms with Crippen molar-refractivity contribution < 1.29 is 0 Å². The van der Waals surface area contributed by atoms with E-state index < -0.39 is 0 Å². The van der Waals surface area contributed by atoms with E-state index >= 15 is 0 Å². The molecule has 2 aromatic carbocycles. The largest absolute Gasteiger partial charge is 0.383 e. The molecule has 3 heteroatoms. The van der Waals surface area contributed by atoms with Gasteiger partial charge in [0.15, 0.2) is 0 Å². The summed E-state index contributed by atoms with van der Waals surface area (Å²) < 4.78 is 0. The van der Waals surface area contributed by atoms with Gasteiger partial charge in [-0.05, 0) is 35.7 Å². The van der Waals surface area contributed by atoms with E-state index in [9.17, 15) is 0 Å². The molecule has 2 aromatic rings. The fourth-order valence-corrected chi connectivity index (χ4v) is 2.71. The average molecular weight is 269 g/mol. The number of fused-ring (bicyclic) bond motifs is 1. The van der Waals surface area contributed by atoms with Crippen molar-refractivity contribution in [2.24, 2.45) is 0 Å². The number of hydrogen-bond acceptors (Lipinski definition) is 2. The van der Waals surface area contributed by atoms with Crippen molar-refractivity contribution >= 4 is 17.3 Å². The van der Waals surface area contributed by atoms with Gasteiger partial charge < -0.3 is 5.32 Å². The molecule has 1 unspecified atom stereocenters. The van der Waals surface area contributed by atoms with Crippen LogP contribution in [0.25, 0.3) is 0 Å². The Bertz CT molecular complexity index is 658. The highest BCUT2D eigenvalue weighted by molar-refractivity contribution is 6.30. The van der Waals surface area contributed by atoms with Crippen LogP contribution in [0.2, 0.25) is 5.02 Å². The SMILES string of the molecule is N#Cc1cc(Cl)ccc1NCC1Cc2ccccc21. The second-order valence-corrected chi connectivity index (χ2v) is 5.22. The van der Waals surface area contributed by atoms with Crippen LogP contribution in [0.1, 0.15) is 22.6 Å². The minimum Gasteiger partial charge on any atom is -0.383 e. The van der Waals surface area contributed by atoms with Gasteiger partial charge in [0.05, 0.1) is 11.3 Å². The van der Waals surface area contributed by atoms with Crippen molar-refractivity contribution in [2.75, 3.05) is 11.9 Å². The van der Waals surface area contributed by atoms with E-state index in [0.717, 1.165) is 18.7 Å². The summed E-state index contributed by atoms with van der Waals surface area (Å²) in [5.74, 6) is 0.540. The zero-order chi connectivity index (χ0) is 13.2. The fourth-order valence-electron chi connectivity index (χ4n) is 2.54. The summed E-state index contributed by atoms with van der Waals surface area (Å²) in [7, 11) is 0. The highest BCUT2D eigenvalue weighted by Gasteiger charge is 2.24. The molecule has 0 spiro atoms. The minimum atomic E-state index is 0.540. The molecule has 1 N–H and O–H groups in total. The summed E-state index contributed by atoms with van der Waals surface area (Å²) >= 11 is 5.88. The first-order valence-corrected chi connectivity index (χ1v) is 6.67. The molecule has 3 rings (SSSR count). The van der Waals surface area contributed by atoms with Gasteiger partial charge in [-0.15, -0.1) is 0 Å².